The molecule has 0 saturated carbocycles. The molecule has 0 amide bonds. The maximum Gasteiger partial charge on any atom is 0.169 e. The second-order valence-corrected chi connectivity index (χ2v) is 5.75. The Balaban J connectivity index is 2.00. The molecule has 1 aromatic heterocycles. The topological polar surface area (TPSA) is 32.9 Å². The lowest BCUT2D eigenvalue weighted by Gasteiger charge is -2.04. The Labute approximate surface area is 126 Å². The Morgan fingerprint density at radius 2 is 1.95 bits per heavy atom. The highest BCUT2D eigenvalue weighted by Gasteiger charge is 2.15. The van der Waals surface area contributed by atoms with Gasteiger partial charge in [-0.3, -0.25) is 4.79 Å². The largest absolute Gasteiger partial charge is 0.360 e. The van der Waals surface area contributed by atoms with Crippen LogP contribution in [0.25, 0.3) is 10.9 Å². The number of benzene rings is 2. The number of carbonyl (C=O) groups excluding carboxylic acids is 1. The van der Waals surface area contributed by atoms with Gasteiger partial charge in [-0.05, 0) is 30.2 Å². The van der Waals surface area contributed by atoms with Gasteiger partial charge in [0.2, 0.25) is 0 Å². The summed E-state index contributed by atoms with van der Waals surface area (Å²) in [5, 5.41) is 0.964. The Morgan fingerprint density at radius 1 is 1.15 bits per heavy atom. The van der Waals surface area contributed by atoms with E-state index < -0.39 is 0 Å². The van der Waals surface area contributed by atoms with Crippen LogP contribution < -0.4 is 0 Å². The minimum Gasteiger partial charge on any atom is -0.360 e. The Morgan fingerprint density at radius 3 is 2.75 bits per heavy atom. The number of halogens is 1. The third-order valence-corrected chi connectivity index (χ3v) is 4.23. The van der Waals surface area contributed by atoms with Gasteiger partial charge in [-0.25, -0.2) is 0 Å². The van der Waals surface area contributed by atoms with Gasteiger partial charge < -0.3 is 4.98 Å². The van der Waals surface area contributed by atoms with Crippen LogP contribution in [0.1, 0.15) is 21.5 Å². The zero-order valence-corrected chi connectivity index (χ0v) is 12.7. The minimum atomic E-state index is 0.137. The second kappa shape index (κ2) is 5.25. The molecule has 3 aromatic rings. The molecule has 0 unspecified atom stereocenters. The Bertz CT molecular complexity index is 789. The van der Waals surface area contributed by atoms with Crippen molar-refractivity contribution < 1.29 is 4.79 Å². The first-order valence-corrected chi connectivity index (χ1v) is 7.29. The van der Waals surface area contributed by atoms with Crippen LogP contribution in [-0.2, 0) is 6.42 Å². The summed E-state index contributed by atoms with van der Waals surface area (Å²) in [5.74, 6) is 0.137. The molecule has 0 aliphatic heterocycles. The van der Waals surface area contributed by atoms with Gasteiger partial charge in [-0.2, -0.15) is 0 Å². The summed E-state index contributed by atoms with van der Waals surface area (Å²) in [6.07, 6.45) is 2.23. The zero-order valence-electron chi connectivity index (χ0n) is 11.1. The van der Waals surface area contributed by atoms with Crippen LogP contribution in [0, 0.1) is 6.92 Å². The molecule has 0 bridgehead atoms. The number of rotatable bonds is 3. The highest BCUT2D eigenvalue weighted by Crippen LogP contribution is 2.28. The van der Waals surface area contributed by atoms with Gasteiger partial charge in [0.1, 0.15) is 0 Å². The van der Waals surface area contributed by atoms with Gasteiger partial charge >= 0.3 is 0 Å². The number of ketones is 1. The number of carbonyl (C=O) groups is 1. The molecule has 0 fully saturated rings. The molecule has 0 atom stereocenters. The van der Waals surface area contributed by atoms with E-state index in [1.54, 1.807) is 6.20 Å². The fourth-order valence-corrected chi connectivity index (χ4v) is 3.02. The van der Waals surface area contributed by atoms with Crippen molar-refractivity contribution in [1.82, 2.24) is 4.98 Å². The van der Waals surface area contributed by atoms with Crippen molar-refractivity contribution in [3.05, 3.63) is 69.8 Å². The van der Waals surface area contributed by atoms with Crippen LogP contribution in [-0.4, -0.2) is 10.8 Å². The summed E-state index contributed by atoms with van der Waals surface area (Å²) in [6.45, 7) is 2.04. The molecule has 0 saturated heterocycles. The van der Waals surface area contributed by atoms with Crippen molar-refractivity contribution in [2.45, 2.75) is 13.3 Å². The number of aromatic amines is 1. The van der Waals surface area contributed by atoms with Crippen molar-refractivity contribution in [3.63, 3.8) is 0 Å². The molecule has 3 heteroatoms. The molecule has 2 nitrogen and oxygen atoms in total. The van der Waals surface area contributed by atoms with Gasteiger partial charge in [0, 0.05) is 33.6 Å². The first-order chi connectivity index (χ1) is 9.66. The molecule has 0 aliphatic rings. The van der Waals surface area contributed by atoms with E-state index in [1.807, 2.05) is 49.4 Å². The molecule has 20 heavy (non-hydrogen) atoms. The van der Waals surface area contributed by atoms with E-state index in [4.69, 9.17) is 0 Å². The van der Waals surface area contributed by atoms with E-state index in [-0.39, 0.29) is 5.78 Å². The van der Waals surface area contributed by atoms with Crippen molar-refractivity contribution >= 4 is 32.6 Å². The van der Waals surface area contributed by atoms with Gasteiger partial charge in [0.15, 0.2) is 5.78 Å². The SMILES string of the molecule is Cc1ccccc1CC(=O)c1c[nH]c2cccc(Br)c12. The first kappa shape index (κ1) is 13.1. The second-order valence-electron chi connectivity index (χ2n) is 4.89. The van der Waals surface area contributed by atoms with Gasteiger partial charge in [0.05, 0.1) is 0 Å². The van der Waals surface area contributed by atoms with Crippen LogP contribution in [0.2, 0.25) is 0 Å². The first-order valence-electron chi connectivity index (χ1n) is 6.50. The van der Waals surface area contributed by atoms with Gasteiger partial charge in [0.25, 0.3) is 0 Å². The summed E-state index contributed by atoms with van der Waals surface area (Å²) in [7, 11) is 0. The lowest BCUT2D eigenvalue weighted by atomic mass is 9.99. The summed E-state index contributed by atoms with van der Waals surface area (Å²) in [5.41, 5.74) is 3.96. The number of hydrogen-bond donors (Lipinski definition) is 1. The van der Waals surface area contributed by atoms with Gasteiger partial charge in [-0.1, -0.05) is 46.3 Å². The smallest absolute Gasteiger partial charge is 0.169 e. The molecule has 1 N–H and O–H groups in total. The summed E-state index contributed by atoms with van der Waals surface area (Å²) >= 11 is 3.52. The Kier molecular flexibility index (Phi) is 3.45. The highest BCUT2D eigenvalue weighted by atomic mass is 79.9. The molecule has 2 aromatic carbocycles. The number of H-pyrrole nitrogens is 1. The average Bonchev–Trinajstić information content (AvgIpc) is 2.87. The Hall–Kier alpha value is -1.87. The predicted octanol–water partition coefficient (Wildman–Crippen LogP) is 4.66. The van der Waals surface area contributed by atoms with Crippen molar-refractivity contribution in [1.29, 1.82) is 0 Å². The average molecular weight is 328 g/mol. The van der Waals surface area contributed by atoms with Crippen LogP contribution in [0.15, 0.2) is 53.1 Å². The summed E-state index contributed by atoms with van der Waals surface area (Å²) in [6, 6.07) is 13.9. The number of aryl methyl sites for hydroxylation is 1. The highest BCUT2D eigenvalue weighted by molar-refractivity contribution is 9.10. The molecule has 0 aliphatic carbocycles. The van der Waals surface area contributed by atoms with E-state index >= 15 is 0 Å². The number of fused-ring (bicyclic) bond motifs is 1. The van der Waals surface area contributed by atoms with Crippen molar-refractivity contribution in [2.24, 2.45) is 0 Å². The lowest BCUT2D eigenvalue weighted by molar-refractivity contribution is 0.0994. The third-order valence-electron chi connectivity index (χ3n) is 3.57. The molecule has 0 spiro atoms. The van der Waals surface area contributed by atoms with Gasteiger partial charge in [-0.15, -0.1) is 0 Å². The maximum absolute atomic E-state index is 12.6. The molecule has 0 radical (unpaired) electrons. The normalized spacial score (nSPS) is 10.9. The molecular formula is C17H14BrNO. The summed E-state index contributed by atoms with van der Waals surface area (Å²) in [4.78, 5) is 15.7. The van der Waals surface area contributed by atoms with Crippen LogP contribution >= 0.6 is 15.9 Å². The standard InChI is InChI=1S/C17H14BrNO/c1-11-5-2-3-6-12(11)9-16(20)13-10-19-15-8-4-7-14(18)17(13)15/h2-8,10,19H,9H2,1H3. The summed E-state index contributed by atoms with van der Waals surface area (Å²) < 4.78 is 0.949. The lowest BCUT2D eigenvalue weighted by Crippen LogP contribution is -2.04. The van der Waals surface area contributed by atoms with Crippen molar-refractivity contribution in [2.75, 3.05) is 0 Å². The van der Waals surface area contributed by atoms with Crippen molar-refractivity contribution in [3.8, 4) is 0 Å². The number of Topliss-reactive ketones (excluding diaryl/α,β-unsaturated/α-hetero) is 1. The predicted molar refractivity (Wildman–Crippen MR) is 85.2 cm³/mol. The van der Waals surface area contributed by atoms with E-state index in [1.165, 1.54) is 0 Å². The zero-order chi connectivity index (χ0) is 14.1. The third kappa shape index (κ3) is 2.29. The fourth-order valence-electron chi connectivity index (χ4n) is 2.44. The van der Waals surface area contributed by atoms with Crippen LogP contribution in [0.5, 0.6) is 0 Å². The quantitative estimate of drug-likeness (QED) is 0.697. The molecule has 1 heterocycles. The van der Waals surface area contributed by atoms with Crippen LogP contribution in [0.4, 0.5) is 0 Å². The van der Waals surface area contributed by atoms with E-state index in [0.717, 1.165) is 32.1 Å². The molecular weight excluding hydrogens is 314 g/mol. The van der Waals surface area contributed by atoms with Crippen LogP contribution in [0.3, 0.4) is 0 Å². The fraction of sp³-hybridized carbons (Fsp3) is 0.118. The number of nitrogens with one attached hydrogen (secondary N) is 1. The van der Waals surface area contributed by atoms with E-state index in [2.05, 4.69) is 20.9 Å². The van der Waals surface area contributed by atoms with E-state index in [0.29, 0.717) is 6.42 Å². The molecule has 3 rings (SSSR count). The maximum atomic E-state index is 12.6. The molecule has 100 valence electrons. The number of hydrogen-bond acceptors (Lipinski definition) is 1. The van der Waals surface area contributed by atoms with E-state index in [9.17, 15) is 4.79 Å². The minimum absolute atomic E-state index is 0.137. The monoisotopic (exact) mass is 327 g/mol. The number of aromatic nitrogens is 1.